The number of carbonyl (C=O) groups is 1. The van der Waals surface area contributed by atoms with Gasteiger partial charge in [-0.05, 0) is 30.3 Å². The highest BCUT2D eigenvalue weighted by atomic mass is 16.5. The van der Waals surface area contributed by atoms with Gasteiger partial charge in [0.2, 0.25) is 0 Å². The fourth-order valence-corrected chi connectivity index (χ4v) is 1.87. The third kappa shape index (κ3) is 4.16. The summed E-state index contributed by atoms with van der Waals surface area (Å²) in [5.74, 6) is 0.300. The summed E-state index contributed by atoms with van der Waals surface area (Å²) in [6.07, 6.45) is 2.74. The lowest BCUT2D eigenvalue weighted by Crippen LogP contribution is -2.03. The van der Waals surface area contributed by atoms with Gasteiger partial charge in [0, 0.05) is 23.8 Å². The Morgan fingerprint density at radius 3 is 2.43 bits per heavy atom. The topological polar surface area (TPSA) is 85.2 Å². The summed E-state index contributed by atoms with van der Waals surface area (Å²) in [5.41, 5.74) is 0.616. The van der Waals surface area contributed by atoms with E-state index < -0.39 is 5.97 Å². The van der Waals surface area contributed by atoms with Gasteiger partial charge >= 0.3 is 5.97 Å². The number of hydrogen-bond acceptors (Lipinski definition) is 6. The van der Waals surface area contributed by atoms with Crippen LogP contribution in [0.2, 0.25) is 0 Å². The van der Waals surface area contributed by atoms with Crippen molar-refractivity contribution in [3.63, 3.8) is 0 Å². The van der Waals surface area contributed by atoms with Crippen LogP contribution in [-0.2, 0) is 4.79 Å². The second kappa shape index (κ2) is 7.22. The summed E-state index contributed by atoms with van der Waals surface area (Å²) >= 11 is 0. The maximum Gasteiger partial charge on any atom is 0.336 e. The van der Waals surface area contributed by atoms with Crippen molar-refractivity contribution in [2.24, 2.45) is 0 Å². The van der Waals surface area contributed by atoms with Crippen LogP contribution in [0.15, 0.2) is 42.5 Å². The zero-order valence-corrected chi connectivity index (χ0v) is 12.6. The van der Waals surface area contributed by atoms with Gasteiger partial charge in [-0.25, -0.2) is 4.79 Å². The van der Waals surface area contributed by atoms with Crippen LogP contribution in [-0.4, -0.2) is 30.4 Å². The number of ether oxygens (including phenoxy) is 3. The van der Waals surface area contributed by atoms with E-state index >= 15 is 0 Å². The highest BCUT2D eigenvalue weighted by molar-refractivity contribution is 5.89. The number of aromatic hydroxyl groups is 2. The van der Waals surface area contributed by atoms with Crippen LogP contribution >= 0.6 is 0 Å². The molecule has 2 aromatic rings. The summed E-state index contributed by atoms with van der Waals surface area (Å²) < 4.78 is 15.2. The minimum absolute atomic E-state index is 0.0447. The van der Waals surface area contributed by atoms with Crippen LogP contribution in [0.5, 0.6) is 28.7 Å². The Balaban J connectivity index is 2.10. The predicted octanol–water partition coefficient (Wildman–Crippen LogP) is 2.73. The van der Waals surface area contributed by atoms with Gasteiger partial charge in [-0.3, -0.25) is 0 Å². The quantitative estimate of drug-likeness (QED) is 0.501. The summed E-state index contributed by atoms with van der Waals surface area (Å²) in [6.45, 7) is 0. The number of phenols is 2. The molecule has 2 N–H and O–H groups in total. The first kappa shape index (κ1) is 16.2. The molecule has 0 saturated heterocycles. The zero-order chi connectivity index (χ0) is 16.8. The van der Waals surface area contributed by atoms with E-state index in [2.05, 4.69) is 0 Å². The Hall–Kier alpha value is -3.15. The largest absolute Gasteiger partial charge is 0.508 e. The molecule has 0 aliphatic rings. The highest BCUT2D eigenvalue weighted by Crippen LogP contribution is 2.30. The minimum atomic E-state index is -0.604. The zero-order valence-electron chi connectivity index (χ0n) is 12.6. The van der Waals surface area contributed by atoms with Crippen molar-refractivity contribution < 1.29 is 29.2 Å². The number of hydrogen-bond donors (Lipinski definition) is 2. The molecule has 0 aromatic heterocycles. The Labute approximate surface area is 133 Å². The number of methoxy groups -OCH3 is 2. The second-order valence-corrected chi connectivity index (χ2v) is 4.51. The van der Waals surface area contributed by atoms with Crippen molar-refractivity contribution in [2.45, 2.75) is 0 Å². The molecule has 0 atom stereocenters. The van der Waals surface area contributed by atoms with Crippen molar-refractivity contribution in [2.75, 3.05) is 14.2 Å². The molecule has 0 bridgehead atoms. The van der Waals surface area contributed by atoms with Gasteiger partial charge < -0.3 is 24.4 Å². The number of phenolic OH excluding ortho intramolecular Hbond substituents is 2. The van der Waals surface area contributed by atoms with Gasteiger partial charge in [0.05, 0.1) is 14.2 Å². The van der Waals surface area contributed by atoms with Crippen molar-refractivity contribution in [1.82, 2.24) is 0 Å². The van der Waals surface area contributed by atoms with E-state index in [1.54, 1.807) is 6.07 Å². The van der Waals surface area contributed by atoms with Crippen LogP contribution in [0, 0.1) is 0 Å². The lowest BCUT2D eigenvalue weighted by atomic mass is 10.2. The summed E-state index contributed by atoms with van der Waals surface area (Å²) in [5, 5.41) is 18.9. The lowest BCUT2D eigenvalue weighted by Gasteiger charge is -2.06. The van der Waals surface area contributed by atoms with Gasteiger partial charge in [0.25, 0.3) is 0 Å². The third-order valence-electron chi connectivity index (χ3n) is 2.99. The molecule has 2 rings (SSSR count). The predicted molar refractivity (Wildman–Crippen MR) is 84.0 cm³/mol. The molecule has 0 unspecified atom stereocenters. The average molecular weight is 316 g/mol. The maximum absolute atomic E-state index is 11.8. The molecule has 120 valence electrons. The second-order valence-electron chi connectivity index (χ2n) is 4.51. The van der Waals surface area contributed by atoms with E-state index in [0.717, 1.165) is 0 Å². The average Bonchev–Trinajstić information content (AvgIpc) is 2.55. The van der Waals surface area contributed by atoms with E-state index in [4.69, 9.17) is 14.2 Å². The molecule has 0 heterocycles. The lowest BCUT2D eigenvalue weighted by molar-refractivity contribution is -0.128. The maximum atomic E-state index is 11.8. The van der Waals surface area contributed by atoms with Crippen molar-refractivity contribution in [3.05, 3.63) is 48.0 Å². The Kier molecular flexibility index (Phi) is 5.09. The molecule has 0 aliphatic heterocycles. The van der Waals surface area contributed by atoms with E-state index in [-0.39, 0.29) is 23.0 Å². The summed E-state index contributed by atoms with van der Waals surface area (Å²) in [7, 11) is 2.87. The van der Waals surface area contributed by atoms with Crippen LogP contribution < -0.4 is 14.2 Å². The molecule has 0 aliphatic carbocycles. The Bertz CT molecular complexity index is 736. The van der Waals surface area contributed by atoms with Crippen molar-refractivity contribution >= 4 is 12.0 Å². The van der Waals surface area contributed by atoms with Gasteiger partial charge in [-0.1, -0.05) is 0 Å². The number of esters is 1. The van der Waals surface area contributed by atoms with Gasteiger partial charge in [0.1, 0.15) is 17.2 Å². The standard InChI is InChI=1S/C17H16O6/c1-21-15-9-12(18)5-3-11(15)4-8-17(20)23-13-6-7-14(19)16(10-13)22-2/h3-10,18-19H,1-2H3/b8-4+. The third-order valence-corrected chi connectivity index (χ3v) is 2.99. The fourth-order valence-electron chi connectivity index (χ4n) is 1.87. The molecule has 0 fully saturated rings. The van der Waals surface area contributed by atoms with Crippen molar-refractivity contribution in [1.29, 1.82) is 0 Å². The number of rotatable bonds is 5. The number of carbonyl (C=O) groups excluding carboxylic acids is 1. The van der Waals surface area contributed by atoms with Crippen LogP contribution in [0.3, 0.4) is 0 Å². The highest BCUT2D eigenvalue weighted by Gasteiger charge is 2.07. The Morgan fingerprint density at radius 1 is 1.00 bits per heavy atom. The molecule has 0 spiro atoms. The molecular formula is C17H16O6. The van der Waals surface area contributed by atoms with Crippen LogP contribution in [0.25, 0.3) is 6.08 Å². The van der Waals surface area contributed by atoms with Crippen LogP contribution in [0.4, 0.5) is 0 Å². The first-order valence-electron chi connectivity index (χ1n) is 6.67. The van der Waals surface area contributed by atoms with Gasteiger partial charge in [-0.15, -0.1) is 0 Å². The summed E-state index contributed by atoms with van der Waals surface area (Å²) in [4.78, 5) is 11.8. The SMILES string of the molecule is COc1cc(OC(=O)/C=C/c2ccc(O)cc2OC)ccc1O. The van der Waals surface area contributed by atoms with Gasteiger partial charge in [0.15, 0.2) is 11.5 Å². The first-order chi connectivity index (χ1) is 11.0. The molecule has 0 saturated carbocycles. The Morgan fingerprint density at radius 2 is 1.74 bits per heavy atom. The molecule has 6 heteroatoms. The van der Waals surface area contributed by atoms with Crippen LogP contribution in [0.1, 0.15) is 5.56 Å². The molecule has 0 amide bonds. The monoisotopic (exact) mass is 316 g/mol. The minimum Gasteiger partial charge on any atom is -0.508 e. The first-order valence-corrected chi connectivity index (χ1v) is 6.67. The molecule has 0 radical (unpaired) electrons. The van der Waals surface area contributed by atoms with E-state index in [9.17, 15) is 15.0 Å². The smallest absolute Gasteiger partial charge is 0.336 e. The number of benzene rings is 2. The molecule has 23 heavy (non-hydrogen) atoms. The molecule has 2 aromatic carbocycles. The van der Waals surface area contributed by atoms with Gasteiger partial charge in [-0.2, -0.15) is 0 Å². The summed E-state index contributed by atoms with van der Waals surface area (Å²) in [6, 6.07) is 8.76. The van der Waals surface area contributed by atoms with E-state index in [1.165, 1.54) is 56.7 Å². The normalized spacial score (nSPS) is 10.5. The van der Waals surface area contributed by atoms with Crippen molar-refractivity contribution in [3.8, 4) is 28.7 Å². The van der Waals surface area contributed by atoms with E-state index in [1.807, 2.05) is 0 Å². The molecular weight excluding hydrogens is 300 g/mol. The van der Waals surface area contributed by atoms with E-state index in [0.29, 0.717) is 11.3 Å². The molecule has 6 nitrogen and oxygen atoms in total. The fraction of sp³-hybridized carbons (Fsp3) is 0.118.